The normalized spacial score (nSPS) is 18.2. The number of hydrogen-bond donors (Lipinski definition) is 0. The molecule has 174 valence electrons. The molecule has 8 heteroatoms. The summed E-state index contributed by atoms with van der Waals surface area (Å²) in [5.74, 6) is 0.606. The summed E-state index contributed by atoms with van der Waals surface area (Å²) in [5, 5.41) is 0. The van der Waals surface area contributed by atoms with E-state index < -0.39 is 6.09 Å². The summed E-state index contributed by atoms with van der Waals surface area (Å²) >= 11 is 0. The largest absolute Gasteiger partial charge is 0.447 e. The number of pyridine rings is 1. The third-order valence-electron chi connectivity index (χ3n) is 6.32. The van der Waals surface area contributed by atoms with Gasteiger partial charge in [-0.1, -0.05) is 30.3 Å². The number of amides is 2. The monoisotopic (exact) mass is 460 g/mol. The van der Waals surface area contributed by atoms with E-state index in [1.807, 2.05) is 35.2 Å². The zero-order valence-electron chi connectivity index (χ0n) is 18.6. The van der Waals surface area contributed by atoms with Crippen LogP contribution in [0.3, 0.4) is 0 Å². The zero-order valence-corrected chi connectivity index (χ0v) is 18.6. The maximum atomic E-state index is 13.3. The average molecular weight is 461 g/mol. The first-order valence-corrected chi connectivity index (χ1v) is 11.3. The molecule has 1 unspecified atom stereocenters. The number of halogens is 1. The van der Waals surface area contributed by atoms with E-state index in [2.05, 4.69) is 9.88 Å². The van der Waals surface area contributed by atoms with Gasteiger partial charge in [-0.05, 0) is 47.5 Å². The van der Waals surface area contributed by atoms with Crippen molar-refractivity contribution in [2.75, 3.05) is 37.7 Å². The summed E-state index contributed by atoms with van der Waals surface area (Å²) in [7, 11) is 0. The number of aromatic nitrogens is 1. The smallest absolute Gasteiger partial charge is 0.410 e. The van der Waals surface area contributed by atoms with E-state index in [1.54, 1.807) is 35.4 Å². The number of nitrogens with zero attached hydrogens (tertiary/aromatic N) is 4. The highest BCUT2D eigenvalue weighted by atomic mass is 19.1. The highest BCUT2D eigenvalue weighted by molar-refractivity contribution is 5.94. The van der Waals surface area contributed by atoms with Gasteiger partial charge in [0.05, 0.1) is 6.04 Å². The molecule has 3 heterocycles. The van der Waals surface area contributed by atoms with Gasteiger partial charge >= 0.3 is 6.09 Å². The Bertz CT molecular complexity index is 1150. The number of piperazine rings is 1. The molecular formula is C26H25FN4O3. The molecular weight excluding hydrogens is 435 g/mol. The Morgan fingerprint density at radius 2 is 1.71 bits per heavy atom. The zero-order chi connectivity index (χ0) is 23.5. The fourth-order valence-corrected chi connectivity index (χ4v) is 4.40. The SMILES string of the molecule is O=C(c1ccc(CN2C(=O)OCC2c2ccc(F)cc2)cc1)N1CCN(c2ccccn2)CC1. The number of cyclic esters (lactones) is 1. The molecule has 0 spiro atoms. The van der Waals surface area contributed by atoms with Crippen molar-refractivity contribution in [2.45, 2.75) is 12.6 Å². The predicted molar refractivity (Wildman–Crippen MR) is 125 cm³/mol. The van der Waals surface area contributed by atoms with Gasteiger partial charge in [0.25, 0.3) is 5.91 Å². The summed E-state index contributed by atoms with van der Waals surface area (Å²) in [6.07, 6.45) is 1.37. The molecule has 5 rings (SSSR count). The van der Waals surface area contributed by atoms with Gasteiger partial charge in [-0.2, -0.15) is 0 Å². The number of anilines is 1. The van der Waals surface area contributed by atoms with Crippen LogP contribution in [-0.2, 0) is 11.3 Å². The molecule has 2 saturated heterocycles. The van der Waals surface area contributed by atoms with Crippen molar-refractivity contribution in [2.24, 2.45) is 0 Å². The Morgan fingerprint density at radius 1 is 0.971 bits per heavy atom. The van der Waals surface area contributed by atoms with Crippen LogP contribution in [0, 0.1) is 5.82 Å². The first-order valence-electron chi connectivity index (χ1n) is 11.3. The van der Waals surface area contributed by atoms with E-state index in [9.17, 15) is 14.0 Å². The molecule has 0 N–H and O–H groups in total. The first kappa shape index (κ1) is 21.9. The summed E-state index contributed by atoms with van der Waals surface area (Å²) in [6.45, 7) is 3.32. The number of carbonyl (C=O) groups is 2. The van der Waals surface area contributed by atoms with Crippen LogP contribution in [0.1, 0.15) is 27.5 Å². The van der Waals surface area contributed by atoms with E-state index in [0.717, 1.165) is 30.0 Å². The summed E-state index contributed by atoms with van der Waals surface area (Å²) < 4.78 is 18.5. The summed E-state index contributed by atoms with van der Waals surface area (Å²) in [4.78, 5) is 35.3. The molecule has 7 nitrogen and oxygen atoms in total. The summed E-state index contributed by atoms with van der Waals surface area (Å²) in [6, 6.07) is 19.0. The van der Waals surface area contributed by atoms with Crippen molar-refractivity contribution in [3.8, 4) is 0 Å². The lowest BCUT2D eigenvalue weighted by molar-refractivity contribution is 0.0746. The van der Waals surface area contributed by atoms with Crippen molar-refractivity contribution in [1.82, 2.24) is 14.8 Å². The molecule has 34 heavy (non-hydrogen) atoms. The molecule has 3 aromatic rings. The molecule has 0 saturated carbocycles. The van der Waals surface area contributed by atoms with Crippen LogP contribution in [0.15, 0.2) is 72.9 Å². The van der Waals surface area contributed by atoms with E-state index in [0.29, 0.717) is 25.2 Å². The topological polar surface area (TPSA) is 66.0 Å². The van der Waals surface area contributed by atoms with Crippen LogP contribution in [0.25, 0.3) is 0 Å². The van der Waals surface area contributed by atoms with Crippen LogP contribution in [0.2, 0.25) is 0 Å². The standard InChI is InChI=1S/C26H25FN4O3/c27-22-10-8-20(9-11-22)23-18-34-26(33)31(23)17-19-4-6-21(7-5-19)25(32)30-15-13-29(14-16-30)24-3-1-2-12-28-24/h1-12,23H,13-18H2. The molecule has 2 fully saturated rings. The second-order valence-corrected chi connectivity index (χ2v) is 8.44. The van der Waals surface area contributed by atoms with Crippen molar-refractivity contribution >= 4 is 17.8 Å². The number of benzene rings is 2. The highest BCUT2D eigenvalue weighted by Gasteiger charge is 2.34. The van der Waals surface area contributed by atoms with Crippen LogP contribution < -0.4 is 4.90 Å². The number of rotatable bonds is 5. The third-order valence-corrected chi connectivity index (χ3v) is 6.32. The third kappa shape index (κ3) is 4.57. The van der Waals surface area contributed by atoms with E-state index in [4.69, 9.17) is 4.74 Å². The molecule has 0 radical (unpaired) electrons. The van der Waals surface area contributed by atoms with Gasteiger partial charge in [0.2, 0.25) is 0 Å². The van der Waals surface area contributed by atoms with Crippen LogP contribution in [0.5, 0.6) is 0 Å². The lowest BCUT2D eigenvalue weighted by Crippen LogP contribution is -2.49. The number of hydrogen-bond acceptors (Lipinski definition) is 5. The maximum Gasteiger partial charge on any atom is 0.410 e. The minimum absolute atomic E-state index is 0.00279. The Morgan fingerprint density at radius 3 is 2.38 bits per heavy atom. The van der Waals surface area contributed by atoms with Gasteiger partial charge in [0.1, 0.15) is 18.2 Å². The van der Waals surface area contributed by atoms with Crippen molar-refractivity contribution in [3.63, 3.8) is 0 Å². The van der Waals surface area contributed by atoms with Gasteiger partial charge in [-0.15, -0.1) is 0 Å². The van der Waals surface area contributed by atoms with Crippen LogP contribution >= 0.6 is 0 Å². The van der Waals surface area contributed by atoms with E-state index in [1.165, 1.54) is 12.1 Å². The van der Waals surface area contributed by atoms with Gasteiger partial charge < -0.3 is 14.5 Å². The molecule has 2 aliphatic rings. The van der Waals surface area contributed by atoms with E-state index >= 15 is 0 Å². The van der Waals surface area contributed by atoms with Crippen molar-refractivity contribution in [3.05, 3.63) is 95.4 Å². The molecule has 0 aliphatic carbocycles. The highest BCUT2D eigenvalue weighted by Crippen LogP contribution is 2.29. The Labute approximate surface area is 197 Å². The minimum Gasteiger partial charge on any atom is -0.447 e. The second kappa shape index (κ2) is 9.51. The first-order chi connectivity index (χ1) is 16.6. The van der Waals surface area contributed by atoms with Gasteiger partial charge in [0.15, 0.2) is 0 Å². The molecule has 2 aromatic carbocycles. The average Bonchev–Trinajstić information content (AvgIpc) is 3.25. The van der Waals surface area contributed by atoms with Gasteiger partial charge in [-0.25, -0.2) is 14.2 Å². The van der Waals surface area contributed by atoms with Crippen LogP contribution in [0.4, 0.5) is 15.0 Å². The Kier molecular flexibility index (Phi) is 6.12. The molecule has 2 amide bonds. The van der Waals surface area contributed by atoms with E-state index in [-0.39, 0.29) is 24.4 Å². The number of ether oxygens (including phenoxy) is 1. The molecule has 1 atom stereocenters. The fourth-order valence-electron chi connectivity index (χ4n) is 4.40. The number of carbonyl (C=O) groups excluding carboxylic acids is 2. The minimum atomic E-state index is -0.403. The molecule has 1 aromatic heterocycles. The Hall–Kier alpha value is -3.94. The Balaban J connectivity index is 1.21. The van der Waals surface area contributed by atoms with Crippen molar-refractivity contribution < 1.29 is 18.7 Å². The van der Waals surface area contributed by atoms with Crippen LogP contribution in [-0.4, -0.2) is 59.6 Å². The fraction of sp³-hybridized carbons (Fsp3) is 0.269. The molecule has 2 aliphatic heterocycles. The summed E-state index contributed by atoms with van der Waals surface area (Å²) in [5.41, 5.74) is 2.33. The molecule has 0 bridgehead atoms. The van der Waals surface area contributed by atoms with Gasteiger partial charge in [0, 0.05) is 44.5 Å². The maximum absolute atomic E-state index is 13.3. The second-order valence-electron chi connectivity index (χ2n) is 8.44. The predicted octanol–water partition coefficient (Wildman–Crippen LogP) is 3.88. The quantitative estimate of drug-likeness (QED) is 0.578. The lowest BCUT2D eigenvalue weighted by Gasteiger charge is -2.35. The lowest BCUT2D eigenvalue weighted by atomic mass is 10.1. The van der Waals surface area contributed by atoms with Gasteiger partial charge in [-0.3, -0.25) is 9.69 Å². The van der Waals surface area contributed by atoms with Crippen molar-refractivity contribution in [1.29, 1.82) is 0 Å².